The van der Waals surface area contributed by atoms with Crippen LogP contribution in [-0.2, 0) is 139 Å². The summed E-state index contributed by atoms with van der Waals surface area (Å²) in [4.78, 5) is 88.1. The Labute approximate surface area is 759 Å². The molecule has 766 valence electrons. The van der Waals surface area contributed by atoms with E-state index in [9.17, 15) is 113 Å². The van der Waals surface area contributed by atoms with Gasteiger partial charge in [0.25, 0.3) is 0 Å². The quantitative estimate of drug-likeness (QED) is 0.0255. The van der Waals surface area contributed by atoms with Gasteiger partial charge in [0.05, 0.1) is 142 Å². The van der Waals surface area contributed by atoms with Gasteiger partial charge in [-0.05, 0) is 57.8 Å². The van der Waals surface area contributed by atoms with Crippen LogP contribution in [0, 0.1) is 23.2 Å². The van der Waals surface area contributed by atoms with Crippen LogP contribution in [0.1, 0.15) is 144 Å². The van der Waals surface area contributed by atoms with Gasteiger partial charge in [-0.15, -0.1) is 0 Å². The molecule has 0 spiro atoms. The lowest BCUT2D eigenvalue weighted by Crippen LogP contribution is -2.64. The van der Waals surface area contributed by atoms with Crippen LogP contribution in [0.25, 0.3) is 11.2 Å². The van der Waals surface area contributed by atoms with Crippen LogP contribution in [-0.4, -0.2) is 369 Å². The van der Waals surface area contributed by atoms with Gasteiger partial charge < -0.3 is 153 Å². The molecule has 0 aliphatic carbocycles. The number of fused-ring (bicyclic) bond motifs is 1. The Balaban J connectivity index is 1.03. The van der Waals surface area contributed by atoms with Crippen LogP contribution in [0.2, 0.25) is 0 Å². The Kier molecular flexibility index (Phi) is 53.8. The number of hydrogen-bond donors (Lipinski definition) is 18. The average Bonchev–Trinajstić information content (AvgIpc) is 1.63. The second kappa shape index (κ2) is 60.0. The van der Waals surface area contributed by atoms with Gasteiger partial charge in [0, 0.05) is 70.7 Å². The number of amides is 1. The molecular weight excluding hydrogens is 1880 g/mol. The van der Waals surface area contributed by atoms with Gasteiger partial charge in [-0.2, -0.15) is 0 Å². The van der Waals surface area contributed by atoms with E-state index in [0.29, 0.717) is 77.0 Å². The second-order valence-electron chi connectivity index (χ2n) is 32.1. The van der Waals surface area contributed by atoms with Gasteiger partial charge in [-0.3, -0.25) is 59.2 Å². The maximum atomic E-state index is 13.8. The lowest BCUT2D eigenvalue weighted by molar-refractivity contribution is -0.282. The third-order valence-electron chi connectivity index (χ3n) is 21.0. The molecule has 6 heterocycles. The fourth-order valence-corrected chi connectivity index (χ4v) is 17.9. The molecule has 2 aromatic heterocycles. The standard InChI is InChI=1S/C73H138N6O46P6/c1-49(2)126(91,92)117-40-58-54(33-59(121-58)79-46-77-61-68(74)75-45-76-69(61)79)125-131(101,102)120-48-107-39-53(34-80)38-106-47-119-130(99,100)118-44-73(41-103-21-18-30-114-127(93,94)111-27-15-9-6-12-24-108-70-50(3)62(85)64(87)55(35-81)122-70,42-104-22-19-31-115-128(95,96)112-28-16-10-7-13-25-109-71-51(4)63(86)65(88)56(36-82)123-71)43-105-23-20-32-116-129(97,98)113-29-17-11-8-14-26-110-72-60(78-52(5)84)67(90)66(89)57(37-83)124-72/h45-46,49-51,53-60,62-67,70-72,80-83,85-90H,6-44,47-48H2,1-5H3,(H,78,84)(H,91,92)(H,93,94)(H,95,96)(H,97,98)(H,99,100)(H,101,102)(H2,74,75,76)/t50?,51?,53?,54-,55?,56?,57?,58+,59+,60?,62+,63+,64-,65-,66-,67+,70+,71+,72+,73?/m0/s1. The summed E-state index contributed by atoms with van der Waals surface area (Å²) in [5, 5.41) is 103. The molecule has 4 fully saturated rings. The molecule has 1 amide bonds. The SMILES string of the molecule is CC(=O)NC1[C@H](OCCCCCCOP(=O)(O)OCCCOCC(COCCCOP(=O)(O)OCCCCCCO[C@@H]2OC(CO)[C@H](O)[C@H](O)C2C)(COCCCOP(=O)(O)OCCCCCCO[C@@H]2OC(CO)[C@H](O)[C@H](O)C2C)COP(=O)(O)OCOCC(CO)COCOP(=O)(O)O[C@H]2C[C@H](n3cnc4c(N)ncnc43)O[C@@H]2COP(=O)(O)C(C)C)OC(CO)[C@H](O)[C@@H]1O. The van der Waals surface area contributed by atoms with Crippen LogP contribution in [0.15, 0.2) is 12.7 Å². The molecule has 0 saturated carbocycles. The molecule has 13 unspecified atom stereocenters. The molecule has 2 aromatic rings. The monoisotopic (exact) mass is 2020 g/mol. The fraction of sp³-hybridized carbons (Fsp3) is 0.918. The van der Waals surface area contributed by atoms with E-state index >= 15 is 0 Å². The first-order chi connectivity index (χ1) is 62.1. The number of unbranched alkanes of at least 4 members (excludes halogenated alkanes) is 9. The highest BCUT2D eigenvalue weighted by Crippen LogP contribution is 2.53. The number of hydrogen-bond acceptors (Lipinski definition) is 44. The molecule has 6 rings (SSSR count). The number of ether oxygens (including phenoxy) is 12. The van der Waals surface area contributed by atoms with E-state index in [1.165, 1.54) is 38.0 Å². The molecule has 52 nitrogen and oxygen atoms in total. The number of rotatable bonds is 73. The summed E-state index contributed by atoms with van der Waals surface area (Å²) in [5.41, 5.74) is 3.97. The number of aliphatic hydroxyl groups excluding tert-OH is 10. The Bertz CT molecular complexity index is 3740. The number of aliphatic hydroxyl groups is 10. The van der Waals surface area contributed by atoms with Crippen molar-refractivity contribution in [2.45, 2.75) is 241 Å². The highest BCUT2D eigenvalue weighted by Gasteiger charge is 2.49. The first kappa shape index (κ1) is 117. The average molecular weight is 2020 g/mol. The van der Waals surface area contributed by atoms with Gasteiger partial charge in [-0.1, -0.05) is 66.2 Å². The lowest BCUT2D eigenvalue weighted by atomic mass is 9.92. The predicted octanol–water partition coefficient (Wildman–Crippen LogP) is 1.93. The number of anilines is 1. The summed E-state index contributed by atoms with van der Waals surface area (Å²) < 4.78 is 207. The maximum absolute atomic E-state index is 13.8. The first-order valence-corrected chi connectivity index (χ1v) is 52.4. The van der Waals surface area contributed by atoms with E-state index in [4.69, 9.17) is 112 Å². The molecule has 58 heteroatoms. The van der Waals surface area contributed by atoms with Crippen molar-refractivity contribution >= 4 is 69.6 Å². The van der Waals surface area contributed by atoms with Gasteiger partial charge in [0.2, 0.25) is 5.91 Å². The van der Waals surface area contributed by atoms with Crippen molar-refractivity contribution in [3.63, 3.8) is 0 Å². The zero-order chi connectivity index (χ0) is 96.4. The molecule has 19 N–H and O–H groups in total. The number of nitrogen functional groups attached to an aromatic ring is 1. The zero-order valence-corrected chi connectivity index (χ0v) is 79.5. The second-order valence-corrected chi connectivity index (χ2v) is 41.7. The topological polar surface area (TPSA) is 737 Å². The van der Waals surface area contributed by atoms with E-state index in [1.54, 1.807) is 13.8 Å². The molecule has 0 bridgehead atoms. The van der Waals surface area contributed by atoms with E-state index < -0.39 is 286 Å². The third kappa shape index (κ3) is 42.5. The lowest BCUT2D eigenvalue weighted by Gasteiger charge is -2.42. The van der Waals surface area contributed by atoms with Crippen LogP contribution < -0.4 is 11.1 Å². The molecule has 4 saturated heterocycles. The summed E-state index contributed by atoms with van der Waals surface area (Å²) in [6, 6.07) is -1.13. The Hall–Kier alpha value is -2.36. The minimum absolute atomic E-state index is 0.0561. The number of phosphoric ester groups is 5. The van der Waals surface area contributed by atoms with Gasteiger partial charge in [-0.25, -0.2) is 37.8 Å². The van der Waals surface area contributed by atoms with Crippen molar-refractivity contribution in [3.8, 4) is 0 Å². The molecule has 0 aromatic carbocycles. The number of aromatic nitrogens is 4. The molecular formula is C73H138N6O46P6. The van der Waals surface area contributed by atoms with E-state index in [1.807, 2.05) is 0 Å². The van der Waals surface area contributed by atoms with E-state index in [0.717, 1.165) is 0 Å². The van der Waals surface area contributed by atoms with Crippen LogP contribution in [0.3, 0.4) is 0 Å². The van der Waals surface area contributed by atoms with Gasteiger partial charge in [0.1, 0.15) is 79.0 Å². The summed E-state index contributed by atoms with van der Waals surface area (Å²) in [6.45, 7) is -2.31. The maximum Gasteiger partial charge on any atom is 0.474 e. The number of carbonyl (C=O) groups is 1. The van der Waals surface area contributed by atoms with Gasteiger partial charge in [0.15, 0.2) is 43.9 Å². The number of nitrogens with zero attached hydrogens (tertiary/aromatic N) is 4. The van der Waals surface area contributed by atoms with Gasteiger partial charge >= 0.3 is 46.7 Å². The van der Waals surface area contributed by atoms with E-state index in [2.05, 4.69) is 20.3 Å². The number of phosphoric acid groups is 5. The van der Waals surface area contributed by atoms with Crippen LogP contribution in [0.4, 0.5) is 5.82 Å². The van der Waals surface area contributed by atoms with Crippen LogP contribution in [0.5, 0.6) is 0 Å². The molecule has 4 aliphatic rings. The number of imidazole rings is 1. The summed E-state index contributed by atoms with van der Waals surface area (Å²) in [7, 11) is -28.3. The smallest absolute Gasteiger partial charge is 0.396 e. The first-order valence-electron chi connectivity index (χ1n) is 43.3. The number of nitrogens with two attached hydrogens (primary N) is 1. The Morgan fingerprint density at radius 2 is 0.870 bits per heavy atom. The van der Waals surface area contributed by atoms with Crippen molar-refractivity contribution in [3.05, 3.63) is 12.7 Å². The molecule has 4 aliphatic heterocycles. The number of carbonyl (C=O) groups excluding carboxylic acids is 1. The van der Waals surface area contributed by atoms with Crippen molar-refractivity contribution in [1.29, 1.82) is 0 Å². The summed E-state index contributed by atoms with van der Waals surface area (Å²) >= 11 is 0. The predicted molar refractivity (Wildman–Crippen MR) is 450 cm³/mol. The largest absolute Gasteiger partial charge is 0.474 e. The normalized spacial score (nSPS) is 28.6. The molecule has 25 atom stereocenters. The zero-order valence-electron chi connectivity index (χ0n) is 74.1. The Morgan fingerprint density at radius 1 is 0.473 bits per heavy atom. The Morgan fingerprint density at radius 3 is 1.29 bits per heavy atom. The summed E-state index contributed by atoms with van der Waals surface area (Å²) in [5.74, 6) is -2.56. The highest BCUT2D eigenvalue weighted by molar-refractivity contribution is 7.53. The fourth-order valence-electron chi connectivity index (χ4n) is 13.3. The van der Waals surface area contributed by atoms with Crippen molar-refractivity contribution in [2.75, 3.05) is 171 Å². The van der Waals surface area contributed by atoms with E-state index in [-0.39, 0.29) is 102 Å². The minimum Gasteiger partial charge on any atom is -0.396 e. The molecule has 0 radical (unpaired) electrons. The highest BCUT2D eigenvalue weighted by atomic mass is 31.2. The molecule has 131 heavy (non-hydrogen) atoms. The van der Waals surface area contributed by atoms with Crippen molar-refractivity contribution < 1.29 is 219 Å². The minimum atomic E-state index is -5.20. The van der Waals surface area contributed by atoms with Crippen LogP contribution >= 0.6 is 46.7 Å². The van der Waals surface area contributed by atoms with Crippen molar-refractivity contribution in [2.24, 2.45) is 23.2 Å². The number of nitrogens with one attached hydrogen (secondary N) is 1. The third-order valence-corrected chi connectivity index (χ3v) is 27.7. The van der Waals surface area contributed by atoms with Crippen molar-refractivity contribution in [1.82, 2.24) is 24.8 Å². The summed E-state index contributed by atoms with van der Waals surface area (Å²) in [6.07, 6.45) is -9.58.